The summed E-state index contributed by atoms with van der Waals surface area (Å²) in [5.74, 6) is -0.246. The third-order valence-corrected chi connectivity index (χ3v) is 6.30. The maximum absolute atomic E-state index is 12.3. The molecule has 0 spiro atoms. The standard InChI is InChI=1S/C24H21N5O4S/c1-16-23(34-24(26-16)18-5-3-2-4-6-18)20-11-12-22(31)28(27-20)14-13-25-21(30)15-17-7-9-19(10-8-17)29(32)33/h2-12H,13-15H2,1H3,(H,25,30). The van der Waals surface area contributed by atoms with Crippen molar-refractivity contribution in [3.63, 3.8) is 0 Å². The van der Waals surface area contributed by atoms with Crippen molar-refractivity contribution in [2.45, 2.75) is 19.9 Å². The normalized spacial score (nSPS) is 10.7. The van der Waals surface area contributed by atoms with E-state index in [-0.39, 0.29) is 36.7 Å². The van der Waals surface area contributed by atoms with Gasteiger partial charge in [-0.2, -0.15) is 5.10 Å². The van der Waals surface area contributed by atoms with Gasteiger partial charge >= 0.3 is 0 Å². The lowest BCUT2D eigenvalue weighted by atomic mass is 10.1. The van der Waals surface area contributed by atoms with E-state index in [0.717, 1.165) is 21.1 Å². The average molecular weight is 476 g/mol. The summed E-state index contributed by atoms with van der Waals surface area (Å²) in [6.07, 6.45) is 0.0860. The Hall–Kier alpha value is -4.18. The lowest BCUT2D eigenvalue weighted by Crippen LogP contribution is -2.32. The molecule has 10 heteroatoms. The van der Waals surface area contributed by atoms with E-state index in [9.17, 15) is 19.7 Å². The van der Waals surface area contributed by atoms with Crippen molar-refractivity contribution < 1.29 is 9.72 Å². The molecule has 4 aromatic rings. The van der Waals surface area contributed by atoms with Crippen LogP contribution in [-0.4, -0.2) is 32.1 Å². The van der Waals surface area contributed by atoms with Crippen LogP contribution in [0.15, 0.2) is 71.5 Å². The second-order valence-corrected chi connectivity index (χ2v) is 8.53. The highest BCUT2D eigenvalue weighted by Gasteiger charge is 2.14. The number of aromatic nitrogens is 3. The van der Waals surface area contributed by atoms with Crippen molar-refractivity contribution in [1.29, 1.82) is 0 Å². The summed E-state index contributed by atoms with van der Waals surface area (Å²) in [5, 5.41) is 18.8. The summed E-state index contributed by atoms with van der Waals surface area (Å²) < 4.78 is 1.32. The smallest absolute Gasteiger partial charge is 0.269 e. The van der Waals surface area contributed by atoms with Gasteiger partial charge in [0.05, 0.1) is 28.5 Å². The van der Waals surface area contributed by atoms with Crippen LogP contribution in [0.3, 0.4) is 0 Å². The maximum Gasteiger partial charge on any atom is 0.269 e. The first-order valence-electron chi connectivity index (χ1n) is 10.5. The van der Waals surface area contributed by atoms with Gasteiger partial charge in [-0.15, -0.1) is 11.3 Å². The third kappa shape index (κ3) is 5.41. The molecule has 2 heterocycles. The highest BCUT2D eigenvalue weighted by molar-refractivity contribution is 7.18. The molecule has 1 N–H and O–H groups in total. The number of benzene rings is 2. The van der Waals surface area contributed by atoms with Crippen molar-refractivity contribution in [2.75, 3.05) is 6.54 Å². The molecule has 0 fully saturated rings. The van der Waals surface area contributed by atoms with Gasteiger partial charge in [-0.05, 0) is 18.6 Å². The lowest BCUT2D eigenvalue weighted by molar-refractivity contribution is -0.384. The molecule has 0 atom stereocenters. The Balaban J connectivity index is 1.40. The monoisotopic (exact) mass is 475 g/mol. The summed E-state index contributed by atoms with van der Waals surface area (Å²) in [4.78, 5) is 40.3. The van der Waals surface area contributed by atoms with E-state index in [2.05, 4.69) is 15.4 Å². The molecule has 2 aromatic heterocycles. The zero-order chi connectivity index (χ0) is 24.1. The molecule has 172 valence electrons. The van der Waals surface area contributed by atoms with Crippen LogP contribution in [0.5, 0.6) is 0 Å². The minimum absolute atomic E-state index is 0.0263. The van der Waals surface area contributed by atoms with Crippen molar-refractivity contribution in [3.05, 3.63) is 98.5 Å². The Morgan fingerprint density at radius 3 is 2.53 bits per heavy atom. The summed E-state index contributed by atoms with van der Waals surface area (Å²) in [6.45, 7) is 2.34. The summed E-state index contributed by atoms with van der Waals surface area (Å²) in [6, 6.07) is 18.8. The minimum Gasteiger partial charge on any atom is -0.354 e. The Morgan fingerprint density at radius 2 is 1.82 bits per heavy atom. The summed E-state index contributed by atoms with van der Waals surface area (Å²) in [7, 11) is 0. The van der Waals surface area contributed by atoms with Gasteiger partial charge in [-0.3, -0.25) is 19.7 Å². The van der Waals surface area contributed by atoms with Crippen molar-refractivity contribution in [2.24, 2.45) is 0 Å². The lowest BCUT2D eigenvalue weighted by Gasteiger charge is -2.08. The second-order valence-electron chi connectivity index (χ2n) is 7.53. The first-order chi connectivity index (χ1) is 16.4. The molecule has 2 aromatic carbocycles. The molecule has 4 rings (SSSR count). The van der Waals surface area contributed by atoms with E-state index in [1.54, 1.807) is 18.2 Å². The van der Waals surface area contributed by atoms with Gasteiger partial charge in [0.25, 0.3) is 11.2 Å². The topological polar surface area (TPSA) is 120 Å². The number of non-ortho nitro benzene ring substituents is 1. The van der Waals surface area contributed by atoms with E-state index in [0.29, 0.717) is 11.3 Å². The number of amides is 1. The quantitative estimate of drug-likeness (QED) is 0.307. The van der Waals surface area contributed by atoms with Gasteiger partial charge in [0, 0.05) is 30.3 Å². The molecule has 0 saturated carbocycles. The molecule has 1 amide bonds. The summed E-state index contributed by atoms with van der Waals surface area (Å²) in [5.41, 5.74) is 2.87. The fourth-order valence-corrected chi connectivity index (χ4v) is 4.39. The number of nitro groups is 1. The Labute approximate surface area is 198 Å². The number of nitrogens with one attached hydrogen (secondary N) is 1. The number of nitro benzene ring substituents is 1. The van der Waals surface area contributed by atoms with Crippen LogP contribution in [0, 0.1) is 17.0 Å². The molecule has 34 heavy (non-hydrogen) atoms. The van der Waals surface area contributed by atoms with E-state index in [1.807, 2.05) is 37.3 Å². The van der Waals surface area contributed by atoms with Crippen molar-refractivity contribution >= 4 is 22.9 Å². The van der Waals surface area contributed by atoms with Crippen LogP contribution in [-0.2, 0) is 17.8 Å². The highest BCUT2D eigenvalue weighted by Crippen LogP contribution is 2.33. The van der Waals surface area contributed by atoms with Crippen LogP contribution in [0.4, 0.5) is 5.69 Å². The Bertz CT molecular complexity index is 1380. The molecule has 0 aliphatic rings. The average Bonchev–Trinajstić information content (AvgIpc) is 3.23. The fraction of sp³-hybridized carbons (Fsp3) is 0.167. The number of carbonyl (C=O) groups is 1. The molecule has 9 nitrogen and oxygen atoms in total. The first kappa shape index (κ1) is 23.0. The van der Waals surface area contributed by atoms with Gasteiger partial charge in [-0.1, -0.05) is 42.5 Å². The van der Waals surface area contributed by atoms with Crippen LogP contribution in [0.25, 0.3) is 21.1 Å². The number of carbonyl (C=O) groups excluding carboxylic acids is 1. The molecule has 0 saturated heterocycles. The van der Waals surface area contributed by atoms with E-state index in [1.165, 1.54) is 34.2 Å². The largest absolute Gasteiger partial charge is 0.354 e. The van der Waals surface area contributed by atoms with E-state index in [4.69, 9.17) is 0 Å². The minimum atomic E-state index is -0.487. The van der Waals surface area contributed by atoms with Gasteiger partial charge in [0.2, 0.25) is 5.91 Å². The number of nitrogens with zero attached hydrogens (tertiary/aromatic N) is 4. The van der Waals surface area contributed by atoms with Crippen molar-refractivity contribution in [1.82, 2.24) is 20.1 Å². The van der Waals surface area contributed by atoms with E-state index < -0.39 is 4.92 Å². The zero-order valence-corrected chi connectivity index (χ0v) is 19.1. The third-order valence-electron chi connectivity index (χ3n) is 5.07. The number of thiazole rings is 1. The molecule has 0 radical (unpaired) electrons. The highest BCUT2D eigenvalue weighted by atomic mass is 32.1. The zero-order valence-electron chi connectivity index (χ0n) is 18.3. The molecule has 0 unspecified atom stereocenters. The molecule has 0 aliphatic heterocycles. The van der Waals surface area contributed by atoms with Crippen LogP contribution in [0.1, 0.15) is 11.3 Å². The predicted octanol–water partition coefficient (Wildman–Crippen LogP) is 3.61. The Kier molecular flexibility index (Phi) is 6.88. The second kappa shape index (κ2) is 10.2. The number of aryl methyl sites for hydroxylation is 1. The van der Waals surface area contributed by atoms with Gasteiger partial charge in [-0.25, -0.2) is 9.67 Å². The van der Waals surface area contributed by atoms with Crippen molar-refractivity contribution in [3.8, 4) is 21.1 Å². The predicted molar refractivity (Wildman–Crippen MR) is 130 cm³/mol. The van der Waals surface area contributed by atoms with Gasteiger partial charge < -0.3 is 5.32 Å². The van der Waals surface area contributed by atoms with Crippen LogP contribution >= 0.6 is 11.3 Å². The molecular weight excluding hydrogens is 454 g/mol. The van der Waals surface area contributed by atoms with Gasteiger partial charge in [0.15, 0.2) is 0 Å². The molecule has 0 bridgehead atoms. The summed E-state index contributed by atoms with van der Waals surface area (Å²) >= 11 is 1.51. The Morgan fingerprint density at radius 1 is 1.09 bits per heavy atom. The molecule has 0 aliphatic carbocycles. The number of rotatable bonds is 8. The van der Waals surface area contributed by atoms with E-state index >= 15 is 0 Å². The number of hydrogen-bond acceptors (Lipinski definition) is 7. The molecular formula is C24H21N5O4S. The number of hydrogen-bond donors (Lipinski definition) is 1. The van der Waals surface area contributed by atoms with Crippen LogP contribution in [0.2, 0.25) is 0 Å². The van der Waals surface area contributed by atoms with Crippen LogP contribution < -0.4 is 10.9 Å². The SMILES string of the molecule is Cc1nc(-c2ccccc2)sc1-c1ccc(=O)n(CCNC(=O)Cc2ccc([N+](=O)[O-])cc2)n1. The maximum atomic E-state index is 12.3. The first-order valence-corrected chi connectivity index (χ1v) is 11.3. The van der Waals surface area contributed by atoms with Gasteiger partial charge in [0.1, 0.15) is 10.7 Å². The fourth-order valence-electron chi connectivity index (χ4n) is 3.35.